The minimum atomic E-state index is -0.137. The Bertz CT molecular complexity index is 457. The molecule has 0 fully saturated rings. The maximum Gasteiger partial charge on any atom is 0.233 e. The second kappa shape index (κ2) is 12.4. The van der Waals surface area contributed by atoms with E-state index in [1.165, 1.54) is 0 Å². The third-order valence-electron chi connectivity index (χ3n) is 2.57. The molecule has 0 aliphatic rings. The van der Waals surface area contributed by atoms with Crippen LogP contribution in [0, 0.1) is 0 Å². The average molecular weight is 395 g/mol. The lowest BCUT2D eigenvalue weighted by Crippen LogP contribution is -2.36. The van der Waals surface area contributed by atoms with Gasteiger partial charge in [-0.2, -0.15) is 0 Å². The van der Waals surface area contributed by atoms with Crippen molar-refractivity contribution in [3.63, 3.8) is 0 Å². The van der Waals surface area contributed by atoms with Crippen molar-refractivity contribution in [2.45, 2.75) is 6.42 Å². The summed E-state index contributed by atoms with van der Waals surface area (Å²) in [5, 5.41) is 8.36. The summed E-state index contributed by atoms with van der Waals surface area (Å²) in [6.45, 7) is 1.71. The fourth-order valence-corrected chi connectivity index (χ4v) is 1.78. The monoisotopic (exact) mass is 393 g/mol. The van der Waals surface area contributed by atoms with Gasteiger partial charge in [-0.3, -0.25) is 9.59 Å². The number of ether oxygens (including phenoxy) is 1. The molecular formula is C14H21BrClN3O3. The van der Waals surface area contributed by atoms with E-state index in [0.717, 1.165) is 10.2 Å². The lowest BCUT2D eigenvalue weighted by molar-refractivity contribution is -0.120. The van der Waals surface area contributed by atoms with E-state index in [1.54, 1.807) is 19.2 Å². The van der Waals surface area contributed by atoms with Gasteiger partial charge in [-0.05, 0) is 24.3 Å². The molecule has 1 aromatic carbocycles. The summed E-state index contributed by atoms with van der Waals surface area (Å²) in [6.07, 6.45) is 0.236. The average Bonchev–Trinajstić information content (AvgIpc) is 2.46. The largest absolute Gasteiger partial charge is 0.383 e. The van der Waals surface area contributed by atoms with Gasteiger partial charge in [0.15, 0.2) is 0 Å². The molecule has 0 spiro atoms. The number of carbonyl (C=O) groups excluding carboxylic acids is 2. The molecule has 1 rings (SSSR count). The van der Waals surface area contributed by atoms with Crippen LogP contribution in [-0.2, 0) is 14.3 Å². The lowest BCUT2D eigenvalue weighted by atomic mass is 10.3. The summed E-state index contributed by atoms with van der Waals surface area (Å²) < 4.78 is 5.80. The van der Waals surface area contributed by atoms with Crippen molar-refractivity contribution in [2.24, 2.45) is 0 Å². The van der Waals surface area contributed by atoms with Gasteiger partial charge < -0.3 is 20.7 Å². The van der Waals surface area contributed by atoms with E-state index < -0.39 is 0 Å². The van der Waals surface area contributed by atoms with Crippen LogP contribution in [0.4, 0.5) is 5.69 Å². The predicted octanol–water partition coefficient (Wildman–Crippen LogP) is 1.55. The van der Waals surface area contributed by atoms with E-state index in [4.69, 9.17) is 4.74 Å². The van der Waals surface area contributed by atoms with Crippen LogP contribution >= 0.6 is 28.3 Å². The number of halogens is 2. The normalized spacial score (nSPS) is 9.73. The summed E-state index contributed by atoms with van der Waals surface area (Å²) in [4.78, 5) is 23.1. The maximum atomic E-state index is 11.7. The number of benzene rings is 1. The van der Waals surface area contributed by atoms with Crippen molar-refractivity contribution in [2.75, 3.05) is 38.7 Å². The van der Waals surface area contributed by atoms with E-state index in [-0.39, 0.29) is 37.2 Å². The molecule has 0 saturated carbocycles. The third-order valence-corrected chi connectivity index (χ3v) is 3.10. The van der Waals surface area contributed by atoms with Crippen LogP contribution in [0.3, 0.4) is 0 Å². The van der Waals surface area contributed by atoms with Crippen LogP contribution in [0.25, 0.3) is 0 Å². The van der Waals surface area contributed by atoms with Gasteiger partial charge in [0.1, 0.15) is 0 Å². The van der Waals surface area contributed by atoms with Crippen LogP contribution < -0.4 is 16.0 Å². The molecule has 1 aromatic rings. The highest BCUT2D eigenvalue weighted by molar-refractivity contribution is 9.10. The first-order valence-electron chi connectivity index (χ1n) is 6.63. The molecule has 124 valence electrons. The Kier molecular flexibility index (Phi) is 11.8. The molecule has 0 unspecified atom stereocenters. The van der Waals surface area contributed by atoms with E-state index in [1.807, 2.05) is 12.1 Å². The summed E-state index contributed by atoms with van der Waals surface area (Å²) in [5.41, 5.74) is 0.732. The quantitative estimate of drug-likeness (QED) is 0.555. The summed E-state index contributed by atoms with van der Waals surface area (Å²) in [5.74, 6) is -0.271. The number of hydrogen-bond donors (Lipinski definition) is 3. The van der Waals surface area contributed by atoms with E-state index in [2.05, 4.69) is 31.9 Å². The molecule has 0 radical (unpaired) electrons. The number of carbonyl (C=O) groups is 2. The van der Waals surface area contributed by atoms with Gasteiger partial charge in [-0.1, -0.05) is 15.9 Å². The Morgan fingerprint density at radius 3 is 2.45 bits per heavy atom. The molecule has 3 N–H and O–H groups in total. The van der Waals surface area contributed by atoms with E-state index in [9.17, 15) is 9.59 Å². The van der Waals surface area contributed by atoms with Crippen molar-refractivity contribution in [1.29, 1.82) is 0 Å². The second-order valence-corrected chi connectivity index (χ2v) is 5.24. The van der Waals surface area contributed by atoms with Crippen LogP contribution in [0.2, 0.25) is 0 Å². The fourth-order valence-electron chi connectivity index (χ4n) is 1.51. The Balaban J connectivity index is 0.00000441. The van der Waals surface area contributed by atoms with Gasteiger partial charge in [0.2, 0.25) is 11.8 Å². The molecule has 22 heavy (non-hydrogen) atoms. The lowest BCUT2D eigenvalue weighted by Gasteiger charge is -2.07. The Morgan fingerprint density at radius 1 is 1.14 bits per heavy atom. The molecule has 0 atom stereocenters. The maximum absolute atomic E-state index is 11.7. The minimum Gasteiger partial charge on any atom is -0.383 e. The highest BCUT2D eigenvalue weighted by Gasteiger charge is 2.04. The van der Waals surface area contributed by atoms with Gasteiger partial charge in [0, 0.05) is 36.8 Å². The first kappa shape index (κ1) is 20.9. The van der Waals surface area contributed by atoms with E-state index >= 15 is 0 Å². The van der Waals surface area contributed by atoms with Crippen LogP contribution in [-0.4, -0.2) is 45.2 Å². The molecule has 0 aliphatic carbocycles. The van der Waals surface area contributed by atoms with Crippen molar-refractivity contribution in [1.82, 2.24) is 10.6 Å². The zero-order valence-corrected chi connectivity index (χ0v) is 14.8. The van der Waals surface area contributed by atoms with Gasteiger partial charge in [-0.15, -0.1) is 12.4 Å². The zero-order valence-electron chi connectivity index (χ0n) is 12.4. The number of anilines is 1. The molecule has 2 amide bonds. The number of hydrogen-bond acceptors (Lipinski definition) is 4. The molecular weight excluding hydrogens is 374 g/mol. The number of methoxy groups -OCH3 is 1. The number of nitrogens with one attached hydrogen (secondary N) is 3. The summed E-state index contributed by atoms with van der Waals surface area (Å²) in [7, 11) is 1.60. The topological polar surface area (TPSA) is 79.5 Å². The highest BCUT2D eigenvalue weighted by Crippen LogP contribution is 2.14. The SMILES string of the molecule is COCCNCC(=O)NCCC(=O)Nc1ccc(Br)cc1.Cl. The first-order valence-corrected chi connectivity index (χ1v) is 7.43. The second-order valence-electron chi connectivity index (χ2n) is 4.32. The summed E-state index contributed by atoms with van der Waals surface area (Å²) in [6, 6.07) is 7.31. The third kappa shape index (κ3) is 9.73. The Morgan fingerprint density at radius 2 is 1.82 bits per heavy atom. The molecule has 0 bridgehead atoms. The molecule has 6 nitrogen and oxygen atoms in total. The zero-order chi connectivity index (χ0) is 15.5. The van der Waals surface area contributed by atoms with Gasteiger partial charge in [-0.25, -0.2) is 0 Å². The van der Waals surface area contributed by atoms with Gasteiger partial charge in [0.05, 0.1) is 13.2 Å². The Hall–Kier alpha value is -1.15. The van der Waals surface area contributed by atoms with E-state index in [0.29, 0.717) is 19.7 Å². The number of amides is 2. The molecule has 8 heteroatoms. The first-order chi connectivity index (χ1) is 10.1. The van der Waals surface area contributed by atoms with Crippen LogP contribution in [0.1, 0.15) is 6.42 Å². The van der Waals surface area contributed by atoms with Crippen molar-refractivity contribution >= 4 is 45.8 Å². The van der Waals surface area contributed by atoms with Gasteiger partial charge >= 0.3 is 0 Å². The molecule has 0 saturated heterocycles. The molecule has 0 aromatic heterocycles. The van der Waals surface area contributed by atoms with Gasteiger partial charge in [0.25, 0.3) is 0 Å². The standard InChI is InChI=1S/C14H20BrN3O3.ClH/c1-21-9-8-16-10-14(20)17-7-6-13(19)18-12-4-2-11(15)3-5-12;/h2-5,16H,6-10H2,1H3,(H,17,20)(H,18,19);1H. The smallest absolute Gasteiger partial charge is 0.233 e. The van der Waals surface area contributed by atoms with Crippen molar-refractivity contribution in [3.8, 4) is 0 Å². The molecule has 0 aliphatic heterocycles. The number of rotatable bonds is 9. The minimum absolute atomic E-state index is 0. The van der Waals surface area contributed by atoms with Crippen LogP contribution in [0.15, 0.2) is 28.7 Å². The summed E-state index contributed by atoms with van der Waals surface area (Å²) >= 11 is 3.33. The predicted molar refractivity (Wildman–Crippen MR) is 92.4 cm³/mol. The van der Waals surface area contributed by atoms with Crippen molar-refractivity contribution in [3.05, 3.63) is 28.7 Å². The highest BCUT2D eigenvalue weighted by atomic mass is 79.9. The fraction of sp³-hybridized carbons (Fsp3) is 0.429. The van der Waals surface area contributed by atoms with Crippen LogP contribution in [0.5, 0.6) is 0 Å². The van der Waals surface area contributed by atoms with Crippen molar-refractivity contribution < 1.29 is 14.3 Å². The Labute approximate surface area is 144 Å². The molecule has 0 heterocycles.